The molecule has 0 fully saturated rings. The Morgan fingerprint density at radius 1 is 1.30 bits per heavy atom. The van der Waals surface area contributed by atoms with Gasteiger partial charge in [-0.2, -0.15) is 0 Å². The SMILES string of the molecule is O=C(O)CCC[C@@H](NC(=O)c1cccc(Cl)n1)C(=O)O. The van der Waals surface area contributed by atoms with Crippen LogP contribution in [-0.2, 0) is 9.59 Å². The molecule has 1 aromatic rings. The van der Waals surface area contributed by atoms with Crippen molar-refractivity contribution in [2.24, 2.45) is 0 Å². The number of aliphatic carboxylic acids is 2. The van der Waals surface area contributed by atoms with E-state index in [1.54, 1.807) is 0 Å². The number of amides is 1. The number of hydrogen-bond acceptors (Lipinski definition) is 4. The lowest BCUT2D eigenvalue weighted by Crippen LogP contribution is -2.41. The van der Waals surface area contributed by atoms with Gasteiger partial charge in [0.15, 0.2) is 0 Å². The minimum absolute atomic E-state index is 0.00184. The van der Waals surface area contributed by atoms with Crippen LogP contribution in [-0.4, -0.2) is 39.1 Å². The van der Waals surface area contributed by atoms with E-state index in [2.05, 4.69) is 10.3 Å². The first kappa shape index (κ1) is 15.9. The molecule has 0 spiro atoms. The van der Waals surface area contributed by atoms with Crippen molar-refractivity contribution in [1.82, 2.24) is 10.3 Å². The van der Waals surface area contributed by atoms with E-state index in [9.17, 15) is 14.4 Å². The summed E-state index contributed by atoms with van der Waals surface area (Å²) < 4.78 is 0. The van der Waals surface area contributed by atoms with E-state index >= 15 is 0 Å². The van der Waals surface area contributed by atoms with Crippen molar-refractivity contribution in [3.8, 4) is 0 Å². The zero-order valence-corrected chi connectivity index (χ0v) is 11.1. The minimum atomic E-state index is -1.23. The monoisotopic (exact) mass is 300 g/mol. The normalized spacial score (nSPS) is 11.7. The summed E-state index contributed by atoms with van der Waals surface area (Å²) in [5.74, 6) is -2.92. The van der Waals surface area contributed by atoms with Gasteiger partial charge < -0.3 is 15.5 Å². The Morgan fingerprint density at radius 3 is 2.55 bits per heavy atom. The van der Waals surface area contributed by atoms with Gasteiger partial charge in [0.25, 0.3) is 5.91 Å². The van der Waals surface area contributed by atoms with Crippen molar-refractivity contribution in [1.29, 1.82) is 0 Å². The molecule has 0 aliphatic rings. The summed E-state index contributed by atoms with van der Waals surface area (Å²) in [6, 6.07) is 3.24. The second-order valence-electron chi connectivity index (χ2n) is 4.00. The molecule has 0 bridgehead atoms. The molecule has 0 aliphatic heterocycles. The molecule has 0 radical (unpaired) electrons. The second kappa shape index (κ2) is 7.44. The van der Waals surface area contributed by atoms with Gasteiger partial charge in [0, 0.05) is 6.42 Å². The van der Waals surface area contributed by atoms with Gasteiger partial charge in [-0.15, -0.1) is 0 Å². The molecule has 1 atom stereocenters. The van der Waals surface area contributed by atoms with Gasteiger partial charge in [-0.1, -0.05) is 17.7 Å². The topological polar surface area (TPSA) is 117 Å². The molecule has 0 saturated heterocycles. The van der Waals surface area contributed by atoms with Gasteiger partial charge in [-0.25, -0.2) is 9.78 Å². The summed E-state index contributed by atoms with van der Waals surface area (Å²) in [5, 5.41) is 19.9. The van der Waals surface area contributed by atoms with Gasteiger partial charge >= 0.3 is 11.9 Å². The molecule has 20 heavy (non-hydrogen) atoms. The third kappa shape index (κ3) is 5.23. The highest BCUT2D eigenvalue weighted by atomic mass is 35.5. The summed E-state index contributed by atoms with van der Waals surface area (Å²) in [5.41, 5.74) is 0.00184. The fourth-order valence-electron chi connectivity index (χ4n) is 1.48. The number of halogens is 1. The smallest absolute Gasteiger partial charge is 0.326 e. The average Bonchev–Trinajstić information content (AvgIpc) is 2.36. The van der Waals surface area contributed by atoms with Crippen LogP contribution < -0.4 is 5.32 Å². The molecule has 1 amide bonds. The molecule has 1 rings (SSSR count). The fraction of sp³-hybridized carbons (Fsp3) is 0.333. The molecule has 0 saturated carbocycles. The summed E-state index contributed by atoms with van der Waals surface area (Å²) in [6.07, 6.45) is 0.0125. The number of nitrogens with zero attached hydrogens (tertiary/aromatic N) is 1. The van der Waals surface area contributed by atoms with Gasteiger partial charge in [0.1, 0.15) is 16.9 Å². The molecule has 1 aromatic heterocycles. The van der Waals surface area contributed by atoms with Crippen LogP contribution in [0.5, 0.6) is 0 Å². The Hall–Kier alpha value is -2.15. The van der Waals surface area contributed by atoms with Gasteiger partial charge in [0.2, 0.25) is 0 Å². The average molecular weight is 301 g/mol. The van der Waals surface area contributed by atoms with Crippen LogP contribution in [0, 0.1) is 0 Å². The summed E-state index contributed by atoms with van der Waals surface area (Å²) in [6.45, 7) is 0. The van der Waals surface area contributed by atoms with E-state index in [4.69, 9.17) is 21.8 Å². The van der Waals surface area contributed by atoms with Gasteiger partial charge in [0.05, 0.1) is 0 Å². The van der Waals surface area contributed by atoms with E-state index in [0.717, 1.165) is 0 Å². The number of pyridine rings is 1. The number of nitrogens with one attached hydrogen (secondary N) is 1. The van der Waals surface area contributed by atoms with Crippen LogP contribution in [0.2, 0.25) is 5.15 Å². The number of aromatic nitrogens is 1. The summed E-state index contributed by atoms with van der Waals surface area (Å²) in [7, 11) is 0. The number of hydrogen-bond donors (Lipinski definition) is 3. The highest BCUT2D eigenvalue weighted by Gasteiger charge is 2.21. The molecule has 108 valence electrons. The quantitative estimate of drug-likeness (QED) is 0.651. The van der Waals surface area contributed by atoms with E-state index in [0.29, 0.717) is 0 Å². The number of carboxylic acid groups (broad SMARTS) is 2. The molecule has 7 nitrogen and oxygen atoms in total. The lowest BCUT2D eigenvalue weighted by atomic mass is 10.1. The Labute approximate surface area is 119 Å². The molecule has 0 unspecified atom stereocenters. The van der Waals surface area contributed by atoms with Crippen LogP contribution in [0.15, 0.2) is 18.2 Å². The zero-order chi connectivity index (χ0) is 15.1. The molecular formula is C12H13ClN2O5. The van der Waals surface area contributed by atoms with E-state index in [1.807, 2.05) is 0 Å². The maximum Gasteiger partial charge on any atom is 0.326 e. The largest absolute Gasteiger partial charge is 0.481 e. The number of carbonyl (C=O) groups is 3. The van der Waals surface area contributed by atoms with E-state index in [1.165, 1.54) is 18.2 Å². The van der Waals surface area contributed by atoms with Crippen molar-refractivity contribution in [2.45, 2.75) is 25.3 Å². The standard InChI is InChI=1S/C12H13ClN2O5/c13-9-5-1-3-7(14-9)11(18)15-8(12(19)20)4-2-6-10(16)17/h1,3,5,8H,2,4,6H2,(H,15,18)(H,16,17)(H,19,20)/t8-/m1/s1. The molecule has 8 heteroatoms. The van der Waals surface area contributed by atoms with E-state index < -0.39 is 23.9 Å². The van der Waals surface area contributed by atoms with Crippen molar-refractivity contribution < 1.29 is 24.6 Å². The summed E-state index contributed by atoms with van der Waals surface area (Å²) in [4.78, 5) is 36.9. The van der Waals surface area contributed by atoms with Crippen molar-refractivity contribution >= 4 is 29.4 Å². The van der Waals surface area contributed by atoms with Crippen LogP contribution in [0.4, 0.5) is 0 Å². The first-order valence-electron chi connectivity index (χ1n) is 5.78. The van der Waals surface area contributed by atoms with Crippen molar-refractivity contribution in [2.75, 3.05) is 0 Å². The predicted molar refractivity (Wildman–Crippen MR) is 69.6 cm³/mol. The molecule has 1 heterocycles. The van der Waals surface area contributed by atoms with Crippen LogP contribution in [0.1, 0.15) is 29.8 Å². The second-order valence-corrected chi connectivity index (χ2v) is 4.38. The lowest BCUT2D eigenvalue weighted by Gasteiger charge is -2.13. The third-order valence-electron chi connectivity index (χ3n) is 2.43. The molecule has 0 aromatic carbocycles. The molecule has 0 aliphatic carbocycles. The third-order valence-corrected chi connectivity index (χ3v) is 2.65. The highest BCUT2D eigenvalue weighted by molar-refractivity contribution is 6.29. The fourth-order valence-corrected chi connectivity index (χ4v) is 1.65. The van der Waals surface area contributed by atoms with E-state index in [-0.39, 0.29) is 30.1 Å². The zero-order valence-electron chi connectivity index (χ0n) is 10.4. The number of rotatable bonds is 7. The van der Waals surface area contributed by atoms with Crippen LogP contribution >= 0.6 is 11.6 Å². The van der Waals surface area contributed by atoms with Crippen LogP contribution in [0.25, 0.3) is 0 Å². The Balaban J connectivity index is 2.63. The van der Waals surface area contributed by atoms with Crippen LogP contribution in [0.3, 0.4) is 0 Å². The Bertz CT molecular complexity index is 520. The van der Waals surface area contributed by atoms with Crippen molar-refractivity contribution in [3.05, 3.63) is 29.0 Å². The first-order chi connectivity index (χ1) is 9.40. The predicted octanol–water partition coefficient (Wildman–Crippen LogP) is 1.17. The Morgan fingerprint density at radius 2 is 2.00 bits per heavy atom. The molecular weight excluding hydrogens is 288 g/mol. The van der Waals surface area contributed by atoms with Gasteiger partial charge in [-0.05, 0) is 25.0 Å². The Kier molecular flexibility index (Phi) is 5.92. The lowest BCUT2D eigenvalue weighted by molar-refractivity contribution is -0.140. The number of carbonyl (C=O) groups excluding carboxylic acids is 1. The van der Waals surface area contributed by atoms with Gasteiger partial charge in [-0.3, -0.25) is 9.59 Å². The number of carboxylic acids is 2. The van der Waals surface area contributed by atoms with Crippen molar-refractivity contribution in [3.63, 3.8) is 0 Å². The maximum atomic E-state index is 11.8. The minimum Gasteiger partial charge on any atom is -0.481 e. The summed E-state index contributed by atoms with van der Waals surface area (Å²) >= 11 is 5.63. The first-order valence-corrected chi connectivity index (χ1v) is 6.16. The maximum absolute atomic E-state index is 11.8. The molecule has 3 N–H and O–H groups in total. The highest BCUT2D eigenvalue weighted by Crippen LogP contribution is 2.07.